The summed E-state index contributed by atoms with van der Waals surface area (Å²) in [5, 5.41) is 8.71. The highest BCUT2D eigenvalue weighted by Gasteiger charge is 2.09. The Morgan fingerprint density at radius 3 is 3.08 bits per heavy atom. The number of ether oxygens (including phenoxy) is 1. The van der Waals surface area contributed by atoms with Gasteiger partial charge >= 0.3 is 5.97 Å². The molecule has 0 saturated carbocycles. The minimum absolute atomic E-state index is 0.258. The molecule has 2 rings (SSSR count). The van der Waals surface area contributed by atoms with Crippen molar-refractivity contribution >= 4 is 12.0 Å². The molecule has 3 heteroatoms. The Kier molecular flexibility index (Phi) is 1.77. The summed E-state index contributed by atoms with van der Waals surface area (Å²) < 4.78 is 5.26. The molecule has 0 spiro atoms. The first-order valence-electron chi connectivity index (χ1n) is 3.94. The Hall–Kier alpha value is -1.77. The van der Waals surface area contributed by atoms with E-state index in [-0.39, 0.29) is 5.56 Å². The second kappa shape index (κ2) is 2.94. The number of aromatic carboxylic acids is 1. The number of fused-ring (bicyclic) bond motifs is 1. The molecule has 1 aromatic carbocycles. The molecule has 3 nitrogen and oxygen atoms in total. The van der Waals surface area contributed by atoms with Crippen LogP contribution >= 0.6 is 0 Å². The van der Waals surface area contributed by atoms with E-state index in [0.717, 1.165) is 5.56 Å². The highest BCUT2D eigenvalue weighted by Crippen LogP contribution is 2.24. The second-order valence-corrected chi connectivity index (χ2v) is 2.77. The molecule has 0 aliphatic carbocycles. The topological polar surface area (TPSA) is 46.5 Å². The number of carboxylic acids is 1. The van der Waals surface area contributed by atoms with Gasteiger partial charge in [-0.3, -0.25) is 0 Å². The summed E-state index contributed by atoms with van der Waals surface area (Å²) in [4.78, 5) is 10.6. The molecule has 0 bridgehead atoms. The average Bonchev–Trinajstić information content (AvgIpc) is 2.17. The first-order valence-corrected chi connectivity index (χ1v) is 3.94. The quantitative estimate of drug-likeness (QED) is 0.709. The summed E-state index contributed by atoms with van der Waals surface area (Å²) in [5.41, 5.74) is 1.19. The van der Waals surface area contributed by atoms with Crippen molar-refractivity contribution in [3.63, 3.8) is 0 Å². The Morgan fingerprint density at radius 2 is 2.31 bits per heavy atom. The fourth-order valence-corrected chi connectivity index (χ4v) is 1.24. The van der Waals surface area contributed by atoms with Crippen molar-refractivity contribution in [2.24, 2.45) is 0 Å². The van der Waals surface area contributed by atoms with E-state index in [1.165, 1.54) is 0 Å². The fourth-order valence-electron chi connectivity index (χ4n) is 1.24. The molecule has 0 radical (unpaired) electrons. The van der Waals surface area contributed by atoms with Gasteiger partial charge in [-0.1, -0.05) is 12.1 Å². The molecular formula is C10H8O3. The molecule has 1 N–H and O–H groups in total. The average molecular weight is 176 g/mol. The van der Waals surface area contributed by atoms with Crippen molar-refractivity contribution in [2.75, 3.05) is 6.61 Å². The largest absolute Gasteiger partial charge is 0.489 e. The second-order valence-electron chi connectivity index (χ2n) is 2.77. The molecule has 0 unspecified atom stereocenters. The number of carbonyl (C=O) groups is 1. The molecule has 1 aliphatic rings. The van der Waals surface area contributed by atoms with Crippen molar-refractivity contribution in [3.8, 4) is 5.75 Å². The van der Waals surface area contributed by atoms with E-state index in [2.05, 4.69) is 0 Å². The normalized spacial score (nSPS) is 13.2. The number of benzene rings is 1. The smallest absolute Gasteiger partial charge is 0.335 e. The zero-order valence-electron chi connectivity index (χ0n) is 6.86. The molecule has 1 aliphatic heterocycles. The molecular weight excluding hydrogens is 168 g/mol. The minimum atomic E-state index is -0.930. The standard InChI is InChI=1S/C10H8O3/c11-10(12)8-4-3-7-2-1-5-13-9(7)6-8/h1-4,6H,5H2,(H,11,12). The highest BCUT2D eigenvalue weighted by molar-refractivity contribution is 5.88. The summed E-state index contributed by atoms with van der Waals surface area (Å²) in [5.74, 6) is -0.289. The van der Waals surface area contributed by atoms with Crippen LogP contribution in [-0.4, -0.2) is 17.7 Å². The number of rotatable bonds is 1. The molecule has 1 heterocycles. The maximum absolute atomic E-state index is 10.6. The van der Waals surface area contributed by atoms with Gasteiger partial charge in [0.05, 0.1) is 5.56 Å². The van der Waals surface area contributed by atoms with E-state index >= 15 is 0 Å². The maximum Gasteiger partial charge on any atom is 0.335 e. The Balaban J connectivity index is 2.48. The van der Waals surface area contributed by atoms with E-state index in [1.807, 2.05) is 12.2 Å². The Labute approximate surface area is 75.3 Å². The summed E-state index contributed by atoms with van der Waals surface area (Å²) in [6, 6.07) is 4.86. The van der Waals surface area contributed by atoms with E-state index in [1.54, 1.807) is 18.2 Å². The first-order chi connectivity index (χ1) is 6.27. The molecule has 0 fully saturated rings. The molecule has 66 valence electrons. The summed E-state index contributed by atoms with van der Waals surface area (Å²) in [7, 11) is 0. The van der Waals surface area contributed by atoms with Crippen LogP contribution < -0.4 is 4.74 Å². The van der Waals surface area contributed by atoms with Gasteiger partial charge in [0.25, 0.3) is 0 Å². The van der Waals surface area contributed by atoms with Crippen LogP contribution in [0.4, 0.5) is 0 Å². The van der Waals surface area contributed by atoms with Gasteiger partial charge in [-0.15, -0.1) is 0 Å². The van der Waals surface area contributed by atoms with Crippen LogP contribution in [0.15, 0.2) is 24.3 Å². The van der Waals surface area contributed by atoms with Crippen molar-refractivity contribution in [3.05, 3.63) is 35.4 Å². The molecule has 0 atom stereocenters. The van der Waals surface area contributed by atoms with Crippen LogP contribution in [0.3, 0.4) is 0 Å². The SMILES string of the molecule is O=C(O)c1ccc2c(c1)OCC=C2. The summed E-state index contributed by atoms with van der Waals surface area (Å²) >= 11 is 0. The van der Waals surface area contributed by atoms with Crippen molar-refractivity contribution in [1.29, 1.82) is 0 Å². The molecule has 13 heavy (non-hydrogen) atoms. The molecule has 0 saturated heterocycles. The van der Waals surface area contributed by atoms with Gasteiger partial charge < -0.3 is 9.84 Å². The van der Waals surface area contributed by atoms with Crippen molar-refractivity contribution in [1.82, 2.24) is 0 Å². The number of hydrogen-bond donors (Lipinski definition) is 1. The summed E-state index contributed by atoms with van der Waals surface area (Å²) in [6.07, 6.45) is 3.81. The Morgan fingerprint density at radius 1 is 1.46 bits per heavy atom. The molecule has 0 amide bonds. The Bertz CT molecular complexity index is 380. The van der Waals surface area contributed by atoms with Crippen LogP contribution in [0.1, 0.15) is 15.9 Å². The third kappa shape index (κ3) is 1.40. The van der Waals surface area contributed by atoms with E-state index in [4.69, 9.17) is 9.84 Å². The van der Waals surface area contributed by atoms with Gasteiger partial charge in [-0.2, -0.15) is 0 Å². The van der Waals surface area contributed by atoms with Gasteiger partial charge in [-0.25, -0.2) is 4.79 Å². The monoisotopic (exact) mass is 176 g/mol. The van der Waals surface area contributed by atoms with Crippen LogP contribution in [0, 0.1) is 0 Å². The van der Waals surface area contributed by atoms with Crippen LogP contribution in [0.25, 0.3) is 6.08 Å². The van der Waals surface area contributed by atoms with Gasteiger partial charge in [0.1, 0.15) is 12.4 Å². The third-order valence-electron chi connectivity index (χ3n) is 1.89. The first kappa shape index (κ1) is 7.86. The van der Waals surface area contributed by atoms with Gasteiger partial charge in [0.15, 0.2) is 0 Å². The minimum Gasteiger partial charge on any atom is -0.489 e. The van der Waals surface area contributed by atoms with Crippen molar-refractivity contribution < 1.29 is 14.6 Å². The van der Waals surface area contributed by atoms with Crippen molar-refractivity contribution in [2.45, 2.75) is 0 Å². The maximum atomic E-state index is 10.6. The lowest BCUT2D eigenvalue weighted by molar-refractivity contribution is 0.0696. The number of carboxylic acid groups (broad SMARTS) is 1. The predicted molar refractivity (Wildman–Crippen MR) is 47.9 cm³/mol. The van der Waals surface area contributed by atoms with Crippen LogP contribution in [0.5, 0.6) is 5.75 Å². The van der Waals surface area contributed by atoms with Gasteiger partial charge in [0.2, 0.25) is 0 Å². The zero-order chi connectivity index (χ0) is 9.26. The molecule has 1 aromatic rings. The lowest BCUT2D eigenvalue weighted by Crippen LogP contribution is -2.03. The lowest BCUT2D eigenvalue weighted by atomic mass is 10.1. The zero-order valence-corrected chi connectivity index (χ0v) is 6.86. The predicted octanol–water partition coefficient (Wildman–Crippen LogP) is 1.79. The van der Waals surface area contributed by atoms with E-state index in [9.17, 15) is 4.79 Å². The number of hydrogen-bond acceptors (Lipinski definition) is 2. The molecule has 0 aromatic heterocycles. The van der Waals surface area contributed by atoms with E-state index < -0.39 is 5.97 Å². The lowest BCUT2D eigenvalue weighted by Gasteiger charge is -2.12. The highest BCUT2D eigenvalue weighted by atomic mass is 16.5. The van der Waals surface area contributed by atoms with Gasteiger partial charge in [0, 0.05) is 5.56 Å². The van der Waals surface area contributed by atoms with Gasteiger partial charge in [-0.05, 0) is 18.2 Å². The van der Waals surface area contributed by atoms with Crippen LogP contribution in [-0.2, 0) is 0 Å². The third-order valence-corrected chi connectivity index (χ3v) is 1.89. The summed E-state index contributed by atoms with van der Waals surface area (Å²) in [6.45, 7) is 0.510. The van der Waals surface area contributed by atoms with Crippen LogP contribution in [0.2, 0.25) is 0 Å². The van der Waals surface area contributed by atoms with E-state index in [0.29, 0.717) is 12.4 Å². The fraction of sp³-hybridized carbons (Fsp3) is 0.100.